The third-order valence-electron chi connectivity index (χ3n) is 4.85. The van der Waals surface area contributed by atoms with Gasteiger partial charge in [0.1, 0.15) is 0 Å². The minimum Gasteiger partial charge on any atom is -0.354 e. The molecule has 24 heavy (non-hydrogen) atoms. The van der Waals surface area contributed by atoms with Crippen LogP contribution in [0.3, 0.4) is 0 Å². The Bertz CT molecular complexity index is 654. The lowest BCUT2D eigenvalue weighted by atomic mass is 9.97. The monoisotopic (exact) mass is 372 g/mol. The molecular formula is C15H24N4O3S2. The summed E-state index contributed by atoms with van der Waals surface area (Å²) < 4.78 is 24.5. The number of nitrogens with one attached hydrogen (secondary N) is 1. The van der Waals surface area contributed by atoms with Gasteiger partial charge in [-0.05, 0) is 25.7 Å². The molecule has 134 valence electrons. The quantitative estimate of drug-likeness (QED) is 0.830. The number of nitrogens with zero attached hydrogens (tertiary/aromatic N) is 3. The molecule has 1 aromatic heterocycles. The predicted octanol–water partition coefficient (Wildman–Crippen LogP) is 0.900. The SMILES string of the molecule is CS(=O)(=O)N1CCC(C(=O)NCC2CCCN2c2nccs2)CC1. The van der Waals surface area contributed by atoms with E-state index in [1.54, 1.807) is 11.3 Å². The Balaban J connectivity index is 1.48. The van der Waals surface area contributed by atoms with E-state index in [4.69, 9.17) is 0 Å². The van der Waals surface area contributed by atoms with Crippen LogP contribution >= 0.6 is 11.3 Å². The van der Waals surface area contributed by atoms with E-state index in [0.717, 1.165) is 24.5 Å². The number of carbonyl (C=O) groups excluding carboxylic acids is 1. The number of aromatic nitrogens is 1. The molecule has 1 unspecified atom stereocenters. The molecule has 0 saturated carbocycles. The second-order valence-corrected chi connectivity index (χ2v) is 9.34. The largest absolute Gasteiger partial charge is 0.354 e. The van der Waals surface area contributed by atoms with Crippen LogP contribution in [0.1, 0.15) is 25.7 Å². The van der Waals surface area contributed by atoms with Crippen molar-refractivity contribution < 1.29 is 13.2 Å². The first kappa shape index (κ1) is 17.6. The summed E-state index contributed by atoms with van der Waals surface area (Å²) in [4.78, 5) is 19.0. The van der Waals surface area contributed by atoms with Crippen molar-refractivity contribution in [3.63, 3.8) is 0 Å². The first-order valence-electron chi connectivity index (χ1n) is 8.34. The highest BCUT2D eigenvalue weighted by Gasteiger charge is 2.31. The zero-order valence-corrected chi connectivity index (χ0v) is 15.5. The molecular weight excluding hydrogens is 348 g/mol. The van der Waals surface area contributed by atoms with Crippen LogP contribution in [0.2, 0.25) is 0 Å². The van der Waals surface area contributed by atoms with Crippen LogP contribution in [-0.4, -0.2) is 62.1 Å². The van der Waals surface area contributed by atoms with Gasteiger partial charge in [-0.3, -0.25) is 4.79 Å². The van der Waals surface area contributed by atoms with E-state index in [0.29, 0.717) is 38.5 Å². The van der Waals surface area contributed by atoms with Crippen molar-refractivity contribution in [1.29, 1.82) is 0 Å². The normalized spacial score (nSPS) is 23.5. The summed E-state index contributed by atoms with van der Waals surface area (Å²) in [5, 5.41) is 6.06. The fourth-order valence-electron chi connectivity index (χ4n) is 3.47. The van der Waals surface area contributed by atoms with Gasteiger partial charge in [0.25, 0.3) is 0 Å². The van der Waals surface area contributed by atoms with Crippen LogP contribution in [-0.2, 0) is 14.8 Å². The third kappa shape index (κ3) is 4.07. The van der Waals surface area contributed by atoms with Gasteiger partial charge in [0.2, 0.25) is 15.9 Å². The Kier molecular flexibility index (Phi) is 5.41. The minimum atomic E-state index is -3.14. The Morgan fingerprint density at radius 3 is 2.71 bits per heavy atom. The smallest absolute Gasteiger partial charge is 0.223 e. The fourth-order valence-corrected chi connectivity index (χ4v) is 5.08. The molecule has 7 nitrogen and oxygen atoms in total. The number of sulfonamides is 1. The Morgan fingerprint density at radius 1 is 1.33 bits per heavy atom. The van der Waals surface area contributed by atoms with E-state index in [2.05, 4.69) is 15.2 Å². The number of hydrogen-bond donors (Lipinski definition) is 1. The summed E-state index contributed by atoms with van der Waals surface area (Å²) in [6, 6.07) is 0.302. The van der Waals surface area contributed by atoms with Crippen LogP contribution in [0.15, 0.2) is 11.6 Å². The lowest BCUT2D eigenvalue weighted by molar-refractivity contribution is -0.126. The van der Waals surface area contributed by atoms with E-state index in [9.17, 15) is 13.2 Å². The van der Waals surface area contributed by atoms with Gasteiger partial charge in [-0.2, -0.15) is 0 Å². The lowest BCUT2D eigenvalue weighted by Crippen LogP contribution is -2.45. The molecule has 1 aromatic rings. The summed E-state index contributed by atoms with van der Waals surface area (Å²) in [6.45, 7) is 2.49. The van der Waals surface area contributed by atoms with Gasteiger partial charge in [-0.25, -0.2) is 17.7 Å². The number of anilines is 1. The predicted molar refractivity (Wildman–Crippen MR) is 94.6 cm³/mol. The Labute approximate surface area is 147 Å². The van der Waals surface area contributed by atoms with Gasteiger partial charge in [0, 0.05) is 49.7 Å². The maximum absolute atomic E-state index is 12.4. The summed E-state index contributed by atoms with van der Waals surface area (Å²) in [7, 11) is -3.14. The van der Waals surface area contributed by atoms with Crippen molar-refractivity contribution in [2.45, 2.75) is 31.7 Å². The Hall–Kier alpha value is -1.19. The zero-order valence-electron chi connectivity index (χ0n) is 13.8. The third-order valence-corrected chi connectivity index (χ3v) is 6.96. The molecule has 0 aromatic carbocycles. The van der Waals surface area contributed by atoms with Gasteiger partial charge < -0.3 is 10.2 Å². The van der Waals surface area contributed by atoms with Crippen LogP contribution in [0, 0.1) is 5.92 Å². The molecule has 0 bridgehead atoms. The number of amides is 1. The van der Waals surface area contributed by atoms with Crippen molar-refractivity contribution in [2.75, 3.05) is 37.3 Å². The molecule has 2 saturated heterocycles. The second kappa shape index (κ2) is 7.37. The average Bonchev–Trinajstić information content (AvgIpc) is 3.22. The minimum absolute atomic E-state index is 0.0501. The van der Waals surface area contributed by atoms with Gasteiger partial charge >= 0.3 is 0 Å². The lowest BCUT2D eigenvalue weighted by Gasteiger charge is -2.30. The van der Waals surface area contributed by atoms with E-state index < -0.39 is 10.0 Å². The number of thiazole rings is 1. The van der Waals surface area contributed by atoms with Crippen LogP contribution in [0.25, 0.3) is 0 Å². The zero-order chi connectivity index (χ0) is 17.2. The highest BCUT2D eigenvalue weighted by Crippen LogP contribution is 2.27. The Morgan fingerprint density at radius 2 is 2.08 bits per heavy atom. The fraction of sp³-hybridized carbons (Fsp3) is 0.733. The molecule has 1 amide bonds. The van der Waals surface area contributed by atoms with Crippen molar-refractivity contribution in [2.24, 2.45) is 5.92 Å². The van der Waals surface area contributed by atoms with Gasteiger partial charge in [0.05, 0.1) is 6.26 Å². The molecule has 3 heterocycles. The van der Waals surface area contributed by atoms with E-state index in [1.807, 2.05) is 11.6 Å². The standard InChI is InChI=1S/C15H24N4O3S2/c1-24(21,22)18-8-4-12(5-9-18)14(20)17-11-13-3-2-7-19(13)15-16-6-10-23-15/h6,10,12-13H,2-5,7-9,11H2,1H3,(H,17,20). The summed E-state index contributed by atoms with van der Waals surface area (Å²) in [5.41, 5.74) is 0. The van der Waals surface area contributed by atoms with Crippen molar-refractivity contribution >= 4 is 32.4 Å². The van der Waals surface area contributed by atoms with Crippen LogP contribution < -0.4 is 10.2 Å². The van der Waals surface area contributed by atoms with Crippen LogP contribution in [0.4, 0.5) is 5.13 Å². The van der Waals surface area contributed by atoms with Crippen molar-refractivity contribution in [3.8, 4) is 0 Å². The number of carbonyl (C=O) groups is 1. The summed E-state index contributed by atoms with van der Waals surface area (Å²) >= 11 is 1.63. The first-order chi connectivity index (χ1) is 11.4. The molecule has 0 aliphatic carbocycles. The van der Waals surface area contributed by atoms with E-state index >= 15 is 0 Å². The van der Waals surface area contributed by atoms with Gasteiger partial charge in [-0.1, -0.05) is 0 Å². The maximum atomic E-state index is 12.4. The second-order valence-electron chi connectivity index (χ2n) is 6.49. The molecule has 2 aliphatic rings. The van der Waals surface area contributed by atoms with Gasteiger partial charge in [0.15, 0.2) is 5.13 Å². The van der Waals surface area contributed by atoms with Gasteiger partial charge in [-0.15, -0.1) is 11.3 Å². The molecule has 1 atom stereocenters. The average molecular weight is 373 g/mol. The number of hydrogen-bond acceptors (Lipinski definition) is 6. The molecule has 2 fully saturated rings. The van der Waals surface area contributed by atoms with E-state index in [-0.39, 0.29) is 11.8 Å². The highest BCUT2D eigenvalue weighted by atomic mass is 32.2. The highest BCUT2D eigenvalue weighted by molar-refractivity contribution is 7.88. The topological polar surface area (TPSA) is 82.6 Å². The molecule has 9 heteroatoms. The molecule has 2 aliphatic heterocycles. The summed E-state index contributed by atoms with van der Waals surface area (Å²) in [6.07, 6.45) is 6.41. The van der Waals surface area contributed by atoms with Crippen molar-refractivity contribution in [1.82, 2.24) is 14.6 Å². The first-order valence-corrected chi connectivity index (χ1v) is 11.1. The molecule has 1 N–H and O–H groups in total. The molecule has 0 spiro atoms. The van der Waals surface area contributed by atoms with E-state index in [1.165, 1.54) is 10.6 Å². The van der Waals surface area contributed by atoms with Crippen molar-refractivity contribution in [3.05, 3.63) is 11.6 Å². The molecule has 3 rings (SSSR count). The number of piperidine rings is 1. The number of rotatable bonds is 5. The molecule has 0 radical (unpaired) electrons. The summed E-state index contributed by atoms with van der Waals surface area (Å²) in [5.74, 6) is -0.0353. The van der Waals surface area contributed by atoms with Crippen LogP contribution in [0.5, 0.6) is 0 Å². The maximum Gasteiger partial charge on any atom is 0.223 e.